The average molecular weight is 314 g/mol. The van der Waals surface area contributed by atoms with Gasteiger partial charge < -0.3 is 9.47 Å². The molecule has 1 unspecified atom stereocenters. The molecule has 4 rings (SSSR count). The van der Waals surface area contributed by atoms with Crippen molar-refractivity contribution in [3.05, 3.63) is 36.2 Å². The molecule has 6 heteroatoms. The van der Waals surface area contributed by atoms with Crippen LogP contribution < -0.4 is 0 Å². The van der Waals surface area contributed by atoms with Crippen LogP contribution in [0.25, 0.3) is 0 Å². The van der Waals surface area contributed by atoms with E-state index in [1.54, 1.807) is 0 Å². The van der Waals surface area contributed by atoms with Crippen LogP contribution in [0.15, 0.2) is 24.8 Å². The van der Waals surface area contributed by atoms with Crippen molar-refractivity contribution in [2.45, 2.75) is 32.5 Å². The highest BCUT2D eigenvalue weighted by Crippen LogP contribution is 2.20. The molecule has 0 spiro atoms. The highest BCUT2D eigenvalue weighted by molar-refractivity contribution is 5.05. The van der Waals surface area contributed by atoms with E-state index < -0.39 is 0 Å². The van der Waals surface area contributed by atoms with Gasteiger partial charge >= 0.3 is 0 Å². The maximum absolute atomic E-state index is 4.57. The Morgan fingerprint density at radius 1 is 1.17 bits per heavy atom. The summed E-state index contributed by atoms with van der Waals surface area (Å²) in [6.07, 6.45) is 10.9. The fraction of sp³-hybridized carbons (Fsp3) is 0.647. The molecule has 0 aromatic carbocycles. The lowest BCUT2D eigenvalue weighted by atomic mass is 10.1. The first-order valence-corrected chi connectivity index (χ1v) is 8.68. The Morgan fingerprint density at radius 3 is 2.83 bits per heavy atom. The van der Waals surface area contributed by atoms with E-state index >= 15 is 0 Å². The first-order valence-electron chi connectivity index (χ1n) is 8.68. The Hall–Kier alpha value is -1.66. The zero-order valence-electron chi connectivity index (χ0n) is 13.9. The molecule has 2 aliphatic heterocycles. The number of likely N-dealkylation sites (tertiary alicyclic amines) is 1. The summed E-state index contributed by atoms with van der Waals surface area (Å²) in [6.45, 7) is 7.87. The van der Waals surface area contributed by atoms with Gasteiger partial charge in [0.2, 0.25) is 0 Å². The molecule has 0 saturated carbocycles. The number of nitrogens with zero attached hydrogens (tertiary/aromatic N) is 6. The minimum absolute atomic E-state index is 0.667. The van der Waals surface area contributed by atoms with Crippen LogP contribution >= 0.6 is 0 Å². The SMILES string of the molecule is Cn1cc(CN2Cc3nccn3CC(CN3CCCC3)C2)cn1. The second kappa shape index (κ2) is 6.45. The molecular formula is C17H26N6. The number of aryl methyl sites for hydroxylation is 1. The molecule has 4 heterocycles. The smallest absolute Gasteiger partial charge is 0.122 e. The van der Waals surface area contributed by atoms with Crippen LogP contribution in [0.3, 0.4) is 0 Å². The van der Waals surface area contributed by atoms with Gasteiger partial charge in [0, 0.05) is 63.3 Å². The molecule has 2 aliphatic rings. The molecule has 2 aromatic heterocycles. The number of rotatable bonds is 4. The van der Waals surface area contributed by atoms with Crippen LogP contribution in [0.1, 0.15) is 24.2 Å². The Balaban J connectivity index is 1.49. The summed E-state index contributed by atoms with van der Waals surface area (Å²) >= 11 is 0. The molecule has 1 saturated heterocycles. The van der Waals surface area contributed by atoms with Crippen molar-refractivity contribution in [2.75, 3.05) is 26.2 Å². The Morgan fingerprint density at radius 2 is 2.04 bits per heavy atom. The standard InChI is InChI=1S/C17H26N6/c1-20-9-15(8-19-20)10-22-12-16(11-21-5-2-3-6-21)13-23-7-4-18-17(23)14-22/h4,7-9,16H,2-3,5-6,10-14H2,1H3. The van der Waals surface area contributed by atoms with Gasteiger partial charge in [0.1, 0.15) is 5.82 Å². The normalized spacial score (nSPS) is 23.1. The molecule has 124 valence electrons. The molecule has 0 amide bonds. The quantitative estimate of drug-likeness (QED) is 0.854. The van der Waals surface area contributed by atoms with Crippen LogP contribution in [0.5, 0.6) is 0 Å². The monoisotopic (exact) mass is 314 g/mol. The van der Waals surface area contributed by atoms with Gasteiger partial charge in [-0.05, 0) is 25.9 Å². The Kier molecular flexibility index (Phi) is 4.18. The third-order valence-electron chi connectivity index (χ3n) is 5.02. The van der Waals surface area contributed by atoms with Crippen LogP contribution in [-0.2, 0) is 26.7 Å². The molecule has 0 radical (unpaired) electrons. The topological polar surface area (TPSA) is 42.1 Å². The van der Waals surface area contributed by atoms with E-state index in [4.69, 9.17) is 0 Å². The van der Waals surface area contributed by atoms with Crippen molar-refractivity contribution in [3.63, 3.8) is 0 Å². The molecule has 0 N–H and O–H groups in total. The zero-order valence-corrected chi connectivity index (χ0v) is 13.9. The van der Waals surface area contributed by atoms with Gasteiger partial charge in [0.25, 0.3) is 0 Å². The minimum atomic E-state index is 0.667. The van der Waals surface area contributed by atoms with Gasteiger partial charge in [-0.25, -0.2) is 4.98 Å². The van der Waals surface area contributed by atoms with Crippen LogP contribution in [-0.4, -0.2) is 55.3 Å². The molecule has 6 nitrogen and oxygen atoms in total. The van der Waals surface area contributed by atoms with Crippen molar-refractivity contribution in [3.8, 4) is 0 Å². The highest BCUT2D eigenvalue weighted by Gasteiger charge is 2.25. The summed E-state index contributed by atoms with van der Waals surface area (Å²) in [5.74, 6) is 1.86. The Bertz CT molecular complexity index is 639. The molecule has 0 bridgehead atoms. The number of imidazole rings is 1. The molecule has 1 atom stereocenters. The summed E-state index contributed by atoms with van der Waals surface area (Å²) in [5.41, 5.74) is 1.28. The van der Waals surface area contributed by atoms with Gasteiger partial charge in [-0.2, -0.15) is 5.10 Å². The zero-order chi connectivity index (χ0) is 15.6. The summed E-state index contributed by atoms with van der Waals surface area (Å²) < 4.78 is 4.24. The van der Waals surface area contributed by atoms with Crippen molar-refractivity contribution in [2.24, 2.45) is 13.0 Å². The van der Waals surface area contributed by atoms with Crippen molar-refractivity contribution in [1.29, 1.82) is 0 Å². The second-order valence-electron chi connectivity index (χ2n) is 7.06. The van der Waals surface area contributed by atoms with Gasteiger partial charge in [0.05, 0.1) is 12.7 Å². The second-order valence-corrected chi connectivity index (χ2v) is 7.06. The summed E-state index contributed by atoms with van der Waals surface area (Å²) in [5, 5.41) is 4.30. The molecule has 1 fully saturated rings. The fourth-order valence-electron chi connectivity index (χ4n) is 4.00. The largest absolute Gasteiger partial charge is 0.333 e. The summed E-state index contributed by atoms with van der Waals surface area (Å²) in [6, 6.07) is 0. The van der Waals surface area contributed by atoms with E-state index in [0.717, 1.165) is 26.2 Å². The first-order chi connectivity index (χ1) is 11.3. The van der Waals surface area contributed by atoms with E-state index in [9.17, 15) is 0 Å². The van der Waals surface area contributed by atoms with Gasteiger partial charge in [-0.3, -0.25) is 9.58 Å². The van der Waals surface area contributed by atoms with E-state index in [2.05, 4.69) is 36.8 Å². The summed E-state index contributed by atoms with van der Waals surface area (Å²) in [7, 11) is 1.98. The minimum Gasteiger partial charge on any atom is -0.333 e. The lowest BCUT2D eigenvalue weighted by molar-refractivity contribution is 0.182. The summed E-state index contributed by atoms with van der Waals surface area (Å²) in [4.78, 5) is 9.73. The fourth-order valence-corrected chi connectivity index (χ4v) is 4.00. The predicted octanol–water partition coefficient (Wildman–Crippen LogP) is 1.34. The van der Waals surface area contributed by atoms with E-state index in [1.807, 2.05) is 24.1 Å². The van der Waals surface area contributed by atoms with Crippen LogP contribution in [0, 0.1) is 5.92 Å². The number of hydrogen-bond donors (Lipinski definition) is 0. The first kappa shape index (κ1) is 14.9. The van der Waals surface area contributed by atoms with E-state index in [0.29, 0.717) is 5.92 Å². The number of fused-ring (bicyclic) bond motifs is 1. The molecule has 0 aliphatic carbocycles. The predicted molar refractivity (Wildman–Crippen MR) is 88.7 cm³/mol. The number of aromatic nitrogens is 4. The molecule has 23 heavy (non-hydrogen) atoms. The van der Waals surface area contributed by atoms with Crippen molar-refractivity contribution >= 4 is 0 Å². The third-order valence-corrected chi connectivity index (χ3v) is 5.02. The van der Waals surface area contributed by atoms with E-state index in [1.165, 1.54) is 43.9 Å². The Labute approximate surface area is 137 Å². The highest BCUT2D eigenvalue weighted by atomic mass is 15.3. The maximum atomic E-state index is 4.57. The van der Waals surface area contributed by atoms with Gasteiger partial charge in [-0.15, -0.1) is 0 Å². The van der Waals surface area contributed by atoms with Crippen LogP contribution in [0.2, 0.25) is 0 Å². The van der Waals surface area contributed by atoms with Gasteiger partial charge in [-0.1, -0.05) is 0 Å². The maximum Gasteiger partial charge on any atom is 0.122 e. The van der Waals surface area contributed by atoms with Crippen molar-refractivity contribution < 1.29 is 0 Å². The molecule has 2 aromatic rings. The van der Waals surface area contributed by atoms with Crippen LogP contribution in [0.4, 0.5) is 0 Å². The van der Waals surface area contributed by atoms with Crippen molar-refractivity contribution in [1.82, 2.24) is 29.1 Å². The van der Waals surface area contributed by atoms with Gasteiger partial charge in [0.15, 0.2) is 0 Å². The average Bonchev–Trinajstić information content (AvgIpc) is 3.23. The van der Waals surface area contributed by atoms with E-state index in [-0.39, 0.29) is 0 Å². The lowest BCUT2D eigenvalue weighted by Gasteiger charge is -2.26. The molecular weight excluding hydrogens is 288 g/mol. The lowest BCUT2D eigenvalue weighted by Crippen LogP contribution is -2.35. The number of hydrogen-bond acceptors (Lipinski definition) is 4. The third kappa shape index (κ3) is 3.48.